The van der Waals surface area contributed by atoms with Crippen molar-refractivity contribution in [2.24, 2.45) is 0 Å². The molecule has 1 heterocycles. The van der Waals surface area contributed by atoms with E-state index in [9.17, 15) is 17.6 Å². The van der Waals surface area contributed by atoms with Gasteiger partial charge in [-0.15, -0.1) is 0 Å². The maximum atomic E-state index is 13.2. The summed E-state index contributed by atoms with van der Waals surface area (Å²) in [6.45, 7) is 5.24. The van der Waals surface area contributed by atoms with Gasteiger partial charge in [0.05, 0.1) is 11.4 Å². The van der Waals surface area contributed by atoms with Gasteiger partial charge in [0.25, 0.3) is 0 Å². The number of sulfonamides is 1. The highest BCUT2D eigenvalue weighted by Gasteiger charge is 2.25. The number of carbonyl (C=O) groups is 1. The smallest absolute Gasteiger partial charge is 0.243 e. The largest absolute Gasteiger partial charge is 0.318 e. The minimum atomic E-state index is -3.77. The van der Waals surface area contributed by atoms with Crippen LogP contribution in [0.25, 0.3) is 5.69 Å². The molecule has 29 heavy (non-hydrogen) atoms. The highest BCUT2D eigenvalue weighted by molar-refractivity contribution is 7.89. The van der Waals surface area contributed by atoms with Crippen LogP contribution in [0, 0.1) is 26.6 Å². The summed E-state index contributed by atoms with van der Waals surface area (Å²) in [4.78, 5) is 13.0. The van der Waals surface area contributed by atoms with Gasteiger partial charge in [0, 0.05) is 29.7 Å². The van der Waals surface area contributed by atoms with Crippen molar-refractivity contribution in [1.82, 2.24) is 8.87 Å². The van der Waals surface area contributed by atoms with E-state index in [0.717, 1.165) is 21.2 Å². The molecule has 0 N–H and O–H groups in total. The van der Waals surface area contributed by atoms with Crippen LogP contribution in [0.2, 0.25) is 0 Å². The zero-order chi connectivity index (χ0) is 21.3. The predicted molar refractivity (Wildman–Crippen MR) is 111 cm³/mol. The van der Waals surface area contributed by atoms with Crippen LogP contribution >= 0.6 is 0 Å². The van der Waals surface area contributed by atoms with Crippen LogP contribution < -0.4 is 0 Å². The van der Waals surface area contributed by atoms with Crippen molar-refractivity contribution in [1.29, 1.82) is 0 Å². The Morgan fingerprint density at radius 1 is 1.00 bits per heavy atom. The fourth-order valence-corrected chi connectivity index (χ4v) is 4.42. The quantitative estimate of drug-likeness (QED) is 0.572. The maximum absolute atomic E-state index is 13.2. The molecule has 0 fully saturated rings. The number of benzene rings is 2. The van der Waals surface area contributed by atoms with Gasteiger partial charge in [0.1, 0.15) is 5.82 Å². The SMILES string of the molecule is Cc1ccc(S(=O)(=O)N(C)CC(=O)c2cc(C)n(-c3ccc(F)cc3)c2C)cc1. The molecule has 0 unspecified atom stereocenters. The predicted octanol–water partition coefficient (Wildman–Crippen LogP) is 4.05. The Labute approximate surface area is 170 Å². The molecule has 7 heteroatoms. The van der Waals surface area contributed by atoms with E-state index >= 15 is 0 Å². The van der Waals surface area contributed by atoms with Crippen molar-refractivity contribution in [2.45, 2.75) is 25.7 Å². The molecule has 0 bridgehead atoms. The van der Waals surface area contributed by atoms with Crippen molar-refractivity contribution in [2.75, 3.05) is 13.6 Å². The third-order valence-electron chi connectivity index (χ3n) is 4.91. The third kappa shape index (κ3) is 4.16. The first-order valence-electron chi connectivity index (χ1n) is 9.12. The molecule has 0 amide bonds. The summed E-state index contributed by atoms with van der Waals surface area (Å²) in [5.41, 5.74) is 3.62. The van der Waals surface area contributed by atoms with Gasteiger partial charge >= 0.3 is 0 Å². The fourth-order valence-electron chi connectivity index (χ4n) is 3.30. The van der Waals surface area contributed by atoms with Crippen LogP contribution in [-0.4, -0.2) is 36.7 Å². The summed E-state index contributed by atoms with van der Waals surface area (Å²) in [6.07, 6.45) is 0. The lowest BCUT2D eigenvalue weighted by atomic mass is 10.1. The van der Waals surface area contributed by atoms with Gasteiger partial charge < -0.3 is 4.57 Å². The molecular formula is C22H23FN2O3S. The van der Waals surface area contributed by atoms with Crippen molar-refractivity contribution < 1.29 is 17.6 Å². The number of nitrogens with zero attached hydrogens (tertiary/aromatic N) is 2. The fraction of sp³-hybridized carbons (Fsp3) is 0.227. The highest BCUT2D eigenvalue weighted by Crippen LogP contribution is 2.23. The summed E-state index contributed by atoms with van der Waals surface area (Å²) < 4.78 is 41.6. The standard InChI is InChI=1S/C22H23FN2O3S/c1-15-5-11-20(12-6-15)29(27,28)24(4)14-22(26)21-13-16(2)25(17(21)3)19-9-7-18(23)8-10-19/h5-13H,14H2,1-4H3. The molecule has 0 aliphatic heterocycles. The minimum absolute atomic E-state index is 0.148. The lowest BCUT2D eigenvalue weighted by molar-refractivity contribution is 0.0972. The number of Topliss-reactive ketones (excluding diaryl/α,β-unsaturated/α-hetero) is 1. The van der Waals surface area contributed by atoms with Gasteiger partial charge in [0.2, 0.25) is 10.0 Å². The number of aryl methyl sites for hydroxylation is 2. The van der Waals surface area contributed by atoms with Gasteiger partial charge in [-0.1, -0.05) is 17.7 Å². The van der Waals surface area contributed by atoms with Crippen molar-refractivity contribution >= 4 is 15.8 Å². The Balaban J connectivity index is 1.86. The minimum Gasteiger partial charge on any atom is -0.318 e. The van der Waals surface area contributed by atoms with Gasteiger partial charge in [-0.3, -0.25) is 4.79 Å². The van der Waals surface area contributed by atoms with Crippen LogP contribution in [0.4, 0.5) is 4.39 Å². The number of hydrogen-bond acceptors (Lipinski definition) is 3. The van der Waals surface area contributed by atoms with Crippen molar-refractivity contribution in [3.05, 3.63) is 82.9 Å². The number of likely N-dealkylation sites (N-methyl/N-ethyl adjacent to an activating group) is 1. The summed E-state index contributed by atoms with van der Waals surface area (Å²) in [5, 5.41) is 0. The van der Waals surface area contributed by atoms with Crippen LogP contribution in [0.5, 0.6) is 0 Å². The Bertz CT molecular complexity index is 1150. The van der Waals surface area contributed by atoms with Gasteiger partial charge in [-0.05, 0) is 63.2 Å². The molecule has 1 aromatic heterocycles. The van der Waals surface area contributed by atoms with Gasteiger partial charge in [0.15, 0.2) is 5.78 Å². The molecule has 0 spiro atoms. The van der Waals surface area contributed by atoms with E-state index in [1.165, 1.54) is 31.3 Å². The Morgan fingerprint density at radius 2 is 1.59 bits per heavy atom. The summed E-state index contributed by atoms with van der Waals surface area (Å²) in [7, 11) is -2.37. The van der Waals surface area contributed by atoms with E-state index in [1.54, 1.807) is 37.3 Å². The zero-order valence-electron chi connectivity index (χ0n) is 16.8. The van der Waals surface area contributed by atoms with E-state index in [2.05, 4.69) is 0 Å². The molecule has 0 atom stereocenters. The second kappa shape index (κ2) is 7.93. The second-order valence-corrected chi connectivity index (χ2v) is 9.14. The lowest BCUT2D eigenvalue weighted by Gasteiger charge is -2.17. The average Bonchev–Trinajstić information content (AvgIpc) is 2.97. The molecule has 152 valence electrons. The van der Waals surface area contributed by atoms with E-state index in [4.69, 9.17) is 0 Å². The molecule has 2 aromatic carbocycles. The molecular weight excluding hydrogens is 391 g/mol. The van der Waals surface area contributed by atoms with Gasteiger partial charge in [-0.2, -0.15) is 4.31 Å². The van der Waals surface area contributed by atoms with Crippen molar-refractivity contribution in [3.63, 3.8) is 0 Å². The van der Waals surface area contributed by atoms with Gasteiger partial charge in [-0.25, -0.2) is 12.8 Å². The topological polar surface area (TPSA) is 59.4 Å². The first-order valence-corrected chi connectivity index (χ1v) is 10.6. The second-order valence-electron chi connectivity index (χ2n) is 7.09. The summed E-state index contributed by atoms with van der Waals surface area (Å²) in [6, 6.07) is 14.2. The number of carbonyl (C=O) groups excluding carboxylic acids is 1. The number of aromatic nitrogens is 1. The monoisotopic (exact) mass is 414 g/mol. The highest BCUT2D eigenvalue weighted by atomic mass is 32.2. The van der Waals surface area contributed by atoms with Crippen LogP contribution in [-0.2, 0) is 10.0 Å². The molecule has 3 aromatic rings. The normalized spacial score (nSPS) is 11.8. The molecule has 3 rings (SSSR count). The number of hydrogen-bond donors (Lipinski definition) is 0. The molecule has 0 aliphatic carbocycles. The van der Waals surface area contributed by atoms with E-state index < -0.39 is 10.0 Å². The Kier molecular flexibility index (Phi) is 5.73. The Hall–Kier alpha value is -2.77. The van der Waals surface area contributed by atoms with E-state index in [0.29, 0.717) is 11.3 Å². The molecule has 0 radical (unpaired) electrons. The van der Waals surface area contributed by atoms with E-state index in [-0.39, 0.29) is 23.0 Å². The maximum Gasteiger partial charge on any atom is 0.243 e. The average molecular weight is 415 g/mol. The molecule has 5 nitrogen and oxygen atoms in total. The lowest BCUT2D eigenvalue weighted by Crippen LogP contribution is -2.32. The molecule has 0 saturated carbocycles. The molecule has 0 aliphatic rings. The van der Waals surface area contributed by atoms with Crippen LogP contribution in [0.1, 0.15) is 27.3 Å². The third-order valence-corrected chi connectivity index (χ3v) is 6.73. The van der Waals surface area contributed by atoms with Crippen LogP contribution in [0.3, 0.4) is 0 Å². The summed E-state index contributed by atoms with van der Waals surface area (Å²) >= 11 is 0. The van der Waals surface area contributed by atoms with Crippen LogP contribution in [0.15, 0.2) is 59.5 Å². The van der Waals surface area contributed by atoms with Crippen molar-refractivity contribution in [3.8, 4) is 5.69 Å². The first-order chi connectivity index (χ1) is 13.6. The zero-order valence-corrected chi connectivity index (χ0v) is 17.6. The molecule has 0 saturated heterocycles. The Morgan fingerprint density at radius 3 is 2.17 bits per heavy atom. The number of rotatable bonds is 6. The first kappa shape index (κ1) is 21.0. The number of halogens is 1. The van der Waals surface area contributed by atoms with E-state index in [1.807, 2.05) is 18.4 Å². The summed E-state index contributed by atoms with van der Waals surface area (Å²) in [5.74, 6) is -0.639. The number of ketones is 1.